The van der Waals surface area contributed by atoms with Gasteiger partial charge in [0.1, 0.15) is 0 Å². The van der Waals surface area contributed by atoms with E-state index in [9.17, 15) is 0 Å². The van der Waals surface area contributed by atoms with Gasteiger partial charge in [-0.3, -0.25) is 0 Å². The summed E-state index contributed by atoms with van der Waals surface area (Å²) < 4.78 is 0. The largest absolute Gasteiger partial charge is 0.344 e. The van der Waals surface area contributed by atoms with E-state index in [-0.39, 0.29) is 6.15 Å². The summed E-state index contributed by atoms with van der Waals surface area (Å²) in [6, 6.07) is 0. The van der Waals surface area contributed by atoms with Crippen molar-refractivity contribution in [1.29, 1.82) is 0 Å². The lowest BCUT2D eigenvalue weighted by molar-refractivity contribution is 0.597. The van der Waals surface area contributed by atoms with E-state index in [0.717, 1.165) is 5.92 Å². The van der Waals surface area contributed by atoms with Crippen LogP contribution in [0, 0.1) is 5.92 Å². The zero-order chi connectivity index (χ0) is 6.53. The van der Waals surface area contributed by atoms with Crippen molar-refractivity contribution in [1.82, 2.24) is 6.15 Å². The molecule has 1 fully saturated rings. The first-order valence-corrected chi connectivity index (χ1v) is 4.43. The van der Waals surface area contributed by atoms with Crippen LogP contribution in [0.2, 0.25) is 0 Å². The van der Waals surface area contributed by atoms with Crippen LogP contribution in [0.25, 0.3) is 0 Å². The topological polar surface area (TPSA) is 35.0 Å². The fourth-order valence-corrected chi connectivity index (χ4v) is 1.27. The van der Waals surface area contributed by atoms with Gasteiger partial charge < -0.3 is 6.15 Å². The maximum absolute atomic E-state index is 2.27. The average Bonchev–Trinajstić information content (AvgIpc) is 2.63. The van der Waals surface area contributed by atoms with E-state index in [2.05, 4.69) is 6.92 Å². The molecule has 0 unspecified atom stereocenters. The highest BCUT2D eigenvalue weighted by Gasteiger charge is 2.19. The van der Waals surface area contributed by atoms with Crippen molar-refractivity contribution >= 4 is 0 Å². The van der Waals surface area contributed by atoms with Crippen LogP contribution in [0.3, 0.4) is 0 Å². The first kappa shape index (κ1) is 9.96. The van der Waals surface area contributed by atoms with E-state index in [0.29, 0.717) is 0 Å². The predicted octanol–water partition coefficient (Wildman–Crippen LogP) is 3.53. The summed E-state index contributed by atoms with van der Waals surface area (Å²) in [5.74, 6) is 1.15. The molecule has 0 bridgehead atoms. The van der Waals surface area contributed by atoms with Gasteiger partial charge in [-0.25, -0.2) is 0 Å². The Hall–Kier alpha value is -0.0400. The van der Waals surface area contributed by atoms with E-state index in [1.165, 1.54) is 44.9 Å². The zero-order valence-electron chi connectivity index (χ0n) is 7.23. The van der Waals surface area contributed by atoms with Gasteiger partial charge >= 0.3 is 0 Å². The quantitative estimate of drug-likeness (QED) is 0.587. The standard InChI is InChI=1S/C9H18.H3N/c1-2-3-4-5-6-9-7-8-9;/h9H,2-8H2,1H3;1H3. The van der Waals surface area contributed by atoms with Crippen molar-refractivity contribution in [3.63, 3.8) is 0 Å². The molecule has 0 aromatic carbocycles. The normalized spacial score (nSPS) is 16.5. The second-order valence-corrected chi connectivity index (χ2v) is 3.29. The van der Waals surface area contributed by atoms with Gasteiger partial charge in [0.25, 0.3) is 0 Å². The van der Waals surface area contributed by atoms with Gasteiger partial charge in [-0.15, -0.1) is 0 Å². The third kappa shape index (κ3) is 4.80. The molecule has 10 heavy (non-hydrogen) atoms. The molecule has 1 aliphatic carbocycles. The molecular weight excluding hydrogens is 122 g/mol. The lowest BCUT2D eigenvalue weighted by atomic mass is 10.1. The number of unbranched alkanes of at least 4 members (excludes halogenated alkanes) is 3. The molecule has 3 N–H and O–H groups in total. The summed E-state index contributed by atoms with van der Waals surface area (Å²) in [4.78, 5) is 0. The number of rotatable bonds is 5. The molecule has 0 saturated heterocycles. The van der Waals surface area contributed by atoms with Gasteiger partial charge in [0.2, 0.25) is 0 Å². The van der Waals surface area contributed by atoms with E-state index >= 15 is 0 Å². The summed E-state index contributed by atoms with van der Waals surface area (Å²) in [5, 5.41) is 0. The second-order valence-electron chi connectivity index (χ2n) is 3.29. The van der Waals surface area contributed by atoms with Gasteiger partial charge in [0, 0.05) is 0 Å². The highest BCUT2D eigenvalue weighted by Crippen LogP contribution is 2.33. The molecule has 62 valence electrons. The maximum Gasteiger partial charge on any atom is -0.0414 e. The van der Waals surface area contributed by atoms with Crippen LogP contribution < -0.4 is 6.15 Å². The third-order valence-electron chi connectivity index (χ3n) is 2.16. The van der Waals surface area contributed by atoms with Crippen molar-refractivity contribution in [3.8, 4) is 0 Å². The van der Waals surface area contributed by atoms with Gasteiger partial charge in [-0.1, -0.05) is 51.9 Å². The Morgan fingerprint density at radius 3 is 2.30 bits per heavy atom. The molecule has 1 nitrogen and oxygen atoms in total. The maximum atomic E-state index is 2.27. The summed E-state index contributed by atoms with van der Waals surface area (Å²) in [6.07, 6.45) is 10.4. The fourth-order valence-electron chi connectivity index (χ4n) is 1.27. The Morgan fingerprint density at radius 2 is 1.80 bits per heavy atom. The fraction of sp³-hybridized carbons (Fsp3) is 1.00. The molecule has 0 heterocycles. The van der Waals surface area contributed by atoms with Gasteiger partial charge in [0.05, 0.1) is 0 Å². The molecule has 0 aromatic heterocycles. The van der Waals surface area contributed by atoms with Crippen LogP contribution >= 0.6 is 0 Å². The van der Waals surface area contributed by atoms with Crippen LogP contribution in [0.1, 0.15) is 51.9 Å². The summed E-state index contributed by atoms with van der Waals surface area (Å²) >= 11 is 0. The van der Waals surface area contributed by atoms with Gasteiger partial charge in [-0.05, 0) is 5.92 Å². The van der Waals surface area contributed by atoms with Gasteiger partial charge in [0.15, 0.2) is 0 Å². The molecule has 0 aliphatic heterocycles. The van der Waals surface area contributed by atoms with Crippen molar-refractivity contribution in [2.24, 2.45) is 5.92 Å². The molecule has 0 atom stereocenters. The monoisotopic (exact) mass is 143 g/mol. The highest BCUT2D eigenvalue weighted by molar-refractivity contribution is 4.72. The van der Waals surface area contributed by atoms with Crippen LogP contribution in [0.5, 0.6) is 0 Å². The Kier molecular flexibility index (Phi) is 5.70. The molecule has 0 aromatic rings. The first-order chi connectivity index (χ1) is 4.43. The number of hydrogen-bond acceptors (Lipinski definition) is 1. The van der Waals surface area contributed by atoms with Crippen LogP contribution in [-0.4, -0.2) is 0 Å². The first-order valence-electron chi connectivity index (χ1n) is 4.43. The lowest BCUT2D eigenvalue weighted by Gasteiger charge is -1.95. The van der Waals surface area contributed by atoms with Crippen molar-refractivity contribution < 1.29 is 0 Å². The van der Waals surface area contributed by atoms with Crippen molar-refractivity contribution in [2.45, 2.75) is 51.9 Å². The molecular formula is C9H21N. The molecule has 1 rings (SSSR count). The Bertz CT molecular complexity index is 67.1. The van der Waals surface area contributed by atoms with Crippen LogP contribution in [0.4, 0.5) is 0 Å². The van der Waals surface area contributed by atoms with E-state index < -0.39 is 0 Å². The molecule has 1 saturated carbocycles. The predicted molar refractivity (Wildman–Crippen MR) is 46.5 cm³/mol. The Labute approximate surface area is 64.8 Å². The average molecular weight is 143 g/mol. The molecule has 1 aliphatic rings. The summed E-state index contributed by atoms with van der Waals surface area (Å²) in [6.45, 7) is 2.27. The van der Waals surface area contributed by atoms with E-state index in [1.807, 2.05) is 0 Å². The molecule has 1 heteroatoms. The minimum Gasteiger partial charge on any atom is -0.344 e. The van der Waals surface area contributed by atoms with Crippen LogP contribution in [0.15, 0.2) is 0 Å². The molecule has 0 radical (unpaired) electrons. The highest BCUT2D eigenvalue weighted by atomic mass is 14.2. The smallest absolute Gasteiger partial charge is 0.0414 e. The van der Waals surface area contributed by atoms with Crippen molar-refractivity contribution in [2.75, 3.05) is 0 Å². The van der Waals surface area contributed by atoms with E-state index in [4.69, 9.17) is 0 Å². The summed E-state index contributed by atoms with van der Waals surface area (Å²) in [5.41, 5.74) is 0. The lowest BCUT2D eigenvalue weighted by Crippen LogP contribution is -1.77. The second kappa shape index (κ2) is 5.72. The molecule has 0 amide bonds. The Balaban J connectivity index is 0.000000810. The van der Waals surface area contributed by atoms with Gasteiger partial charge in [-0.2, -0.15) is 0 Å². The zero-order valence-corrected chi connectivity index (χ0v) is 7.23. The Morgan fingerprint density at radius 1 is 1.10 bits per heavy atom. The van der Waals surface area contributed by atoms with E-state index in [1.54, 1.807) is 0 Å². The van der Waals surface area contributed by atoms with Crippen molar-refractivity contribution in [3.05, 3.63) is 0 Å². The SMILES string of the molecule is CCCCCCC1CC1.N. The summed E-state index contributed by atoms with van der Waals surface area (Å²) in [7, 11) is 0. The number of hydrogen-bond donors (Lipinski definition) is 1. The van der Waals surface area contributed by atoms with Crippen LogP contribution in [-0.2, 0) is 0 Å². The third-order valence-corrected chi connectivity index (χ3v) is 2.16. The minimum absolute atomic E-state index is 0. The minimum atomic E-state index is 0. The molecule has 0 spiro atoms.